The van der Waals surface area contributed by atoms with Gasteiger partial charge >= 0.3 is 5.97 Å². The van der Waals surface area contributed by atoms with Gasteiger partial charge in [-0.15, -0.1) is 0 Å². The second kappa shape index (κ2) is 6.01. The molecule has 2 rings (SSSR count). The van der Waals surface area contributed by atoms with Gasteiger partial charge in [0.1, 0.15) is 6.04 Å². The lowest BCUT2D eigenvalue weighted by atomic mass is 9.94. The molecule has 3 nitrogen and oxygen atoms in total. The molecule has 0 bridgehead atoms. The molecule has 3 heteroatoms. The average Bonchev–Trinajstić information content (AvgIpc) is 2.37. The first-order valence-electron chi connectivity index (χ1n) is 6.72. The van der Waals surface area contributed by atoms with Crippen molar-refractivity contribution >= 4 is 5.97 Å². The number of benzene rings is 1. The Morgan fingerprint density at radius 1 is 1.33 bits per heavy atom. The summed E-state index contributed by atoms with van der Waals surface area (Å²) in [7, 11) is 0. The van der Waals surface area contributed by atoms with E-state index in [1.807, 2.05) is 31.2 Å². The van der Waals surface area contributed by atoms with Crippen LogP contribution in [0.4, 0.5) is 0 Å². The van der Waals surface area contributed by atoms with Gasteiger partial charge in [0, 0.05) is 6.04 Å². The van der Waals surface area contributed by atoms with Crippen LogP contribution in [-0.2, 0) is 4.79 Å². The normalized spacial score (nSPS) is 18.5. The molecule has 2 N–H and O–H groups in total. The molecule has 0 saturated heterocycles. The maximum absolute atomic E-state index is 11.4. The number of carboxylic acid groups (broad SMARTS) is 1. The fraction of sp³-hybridized carbons (Fsp3) is 0.533. The number of hydrogen-bond acceptors (Lipinski definition) is 2. The van der Waals surface area contributed by atoms with E-state index < -0.39 is 12.0 Å². The smallest absolute Gasteiger partial charge is 0.325 e. The predicted octanol–water partition coefficient (Wildman–Crippen LogP) is 3.04. The molecule has 18 heavy (non-hydrogen) atoms. The third-order valence-electron chi connectivity index (χ3n) is 3.63. The van der Waals surface area contributed by atoms with Gasteiger partial charge in [-0.05, 0) is 25.3 Å². The quantitative estimate of drug-likeness (QED) is 0.859. The van der Waals surface area contributed by atoms with E-state index in [9.17, 15) is 9.90 Å². The van der Waals surface area contributed by atoms with Crippen LogP contribution in [0.2, 0.25) is 0 Å². The van der Waals surface area contributed by atoms with Crippen molar-refractivity contribution in [2.45, 2.75) is 51.1 Å². The molecule has 0 spiro atoms. The fourth-order valence-corrected chi connectivity index (χ4v) is 2.66. The van der Waals surface area contributed by atoms with Crippen molar-refractivity contribution < 1.29 is 9.90 Å². The predicted molar refractivity (Wildman–Crippen MR) is 71.6 cm³/mol. The van der Waals surface area contributed by atoms with Crippen molar-refractivity contribution in [2.24, 2.45) is 0 Å². The fourth-order valence-electron chi connectivity index (χ4n) is 2.66. The van der Waals surface area contributed by atoms with E-state index in [1.165, 1.54) is 19.3 Å². The Morgan fingerprint density at radius 2 is 2.06 bits per heavy atom. The Labute approximate surface area is 108 Å². The van der Waals surface area contributed by atoms with Crippen molar-refractivity contribution in [3.8, 4) is 0 Å². The van der Waals surface area contributed by atoms with Crippen molar-refractivity contribution in [3.05, 3.63) is 35.4 Å². The number of rotatable bonds is 4. The van der Waals surface area contributed by atoms with Crippen LogP contribution in [0, 0.1) is 6.92 Å². The Hall–Kier alpha value is -1.35. The summed E-state index contributed by atoms with van der Waals surface area (Å²) in [6.45, 7) is 1.99. The molecule has 1 saturated carbocycles. The van der Waals surface area contributed by atoms with Crippen LogP contribution >= 0.6 is 0 Å². The van der Waals surface area contributed by atoms with E-state index in [0.717, 1.165) is 24.0 Å². The van der Waals surface area contributed by atoms with Crippen molar-refractivity contribution in [1.29, 1.82) is 0 Å². The molecule has 0 amide bonds. The van der Waals surface area contributed by atoms with E-state index >= 15 is 0 Å². The molecule has 98 valence electrons. The van der Waals surface area contributed by atoms with E-state index in [0.29, 0.717) is 6.04 Å². The van der Waals surface area contributed by atoms with Crippen molar-refractivity contribution in [1.82, 2.24) is 5.32 Å². The Bertz CT molecular complexity index is 411. The van der Waals surface area contributed by atoms with Gasteiger partial charge in [0.25, 0.3) is 0 Å². The summed E-state index contributed by atoms with van der Waals surface area (Å²) >= 11 is 0. The Balaban J connectivity index is 2.10. The van der Waals surface area contributed by atoms with Gasteiger partial charge in [-0.3, -0.25) is 10.1 Å². The summed E-state index contributed by atoms with van der Waals surface area (Å²) in [5.41, 5.74) is 1.96. The number of carboxylic acids is 1. The highest BCUT2D eigenvalue weighted by molar-refractivity contribution is 5.75. The van der Waals surface area contributed by atoms with Crippen LogP contribution in [0.1, 0.15) is 49.3 Å². The maximum Gasteiger partial charge on any atom is 0.325 e. The second-order valence-electron chi connectivity index (χ2n) is 5.19. The van der Waals surface area contributed by atoms with Crippen LogP contribution in [0.5, 0.6) is 0 Å². The molecule has 1 aliphatic carbocycles. The molecule has 1 aromatic carbocycles. The first-order valence-corrected chi connectivity index (χ1v) is 6.72. The van der Waals surface area contributed by atoms with E-state index in [1.54, 1.807) is 0 Å². The topological polar surface area (TPSA) is 49.3 Å². The minimum atomic E-state index is -0.786. The molecular weight excluding hydrogens is 226 g/mol. The molecule has 0 heterocycles. The molecule has 1 aromatic rings. The van der Waals surface area contributed by atoms with Crippen LogP contribution < -0.4 is 5.32 Å². The highest BCUT2D eigenvalue weighted by Crippen LogP contribution is 2.22. The van der Waals surface area contributed by atoms with E-state index in [-0.39, 0.29) is 0 Å². The summed E-state index contributed by atoms with van der Waals surface area (Å²) in [6.07, 6.45) is 5.88. The van der Waals surface area contributed by atoms with E-state index in [2.05, 4.69) is 5.32 Å². The minimum Gasteiger partial charge on any atom is -0.480 e. The monoisotopic (exact) mass is 247 g/mol. The molecule has 1 aliphatic rings. The molecule has 0 aliphatic heterocycles. The van der Waals surface area contributed by atoms with Gasteiger partial charge in [0.05, 0.1) is 0 Å². The first kappa shape index (κ1) is 13.1. The summed E-state index contributed by atoms with van der Waals surface area (Å²) in [4.78, 5) is 11.4. The summed E-state index contributed by atoms with van der Waals surface area (Å²) < 4.78 is 0. The van der Waals surface area contributed by atoms with Gasteiger partial charge < -0.3 is 5.11 Å². The standard InChI is InChI=1S/C15H21NO2/c1-11-6-5-7-12(10-11)14(15(17)18)16-13-8-3-2-4-9-13/h5-7,10,13-14,16H,2-4,8-9H2,1H3,(H,17,18). The number of nitrogens with one attached hydrogen (secondary N) is 1. The molecular formula is C15H21NO2. The maximum atomic E-state index is 11.4. The molecule has 0 radical (unpaired) electrons. The SMILES string of the molecule is Cc1cccc(C(NC2CCCCC2)C(=O)O)c1. The zero-order valence-electron chi connectivity index (χ0n) is 10.9. The van der Waals surface area contributed by atoms with Crippen LogP contribution in [0.3, 0.4) is 0 Å². The third kappa shape index (κ3) is 3.33. The summed E-state index contributed by atoms with van der Waals surface area (Å²) in [5.74, 6) is -0.786. The number of aliphatic carboxylic acids is 1. The lowest BCUT2D eigenvalue weighted by molar-refractivity contribution is -0.140. The lowest BCUT2D eigenvalue weighted by Gasteiger charge is -2.26. The number of hydrogen-bond donors (Lipinski definition) is 2. The summed E-state index contributed by atoms with van der Waals surface area (Å²) in [5, 5.41) is 12.7. The van der Waals surface area contributed by atoms with Crippen LogP contribution in [0.15, 0.2) is 24.3 Å². The number of aryl methyl sites for hydroxylation is 1. The zero-order chi connectivity index (χ0) is 13.0. The van der Waals surface area contributed by atoms with Gasteiger partial charge in [0.15, 0.2) is 0 Å². The van der Waals surface area contributed by atoms with Crippen molar-refractivity contribution in [3.63, 3.8) is 0 Å². The van der Waals surface area contributed by atoms with Gasteiger partial charge in [-0.1, -0.05) is 49.1 Å². The molecule has 0 aromatic heterocycles. The number of carbonyl (C=O) groups is 1. The second-order valence-corrected chi connectivity index (χ2v) is 5.19. The molecule has 1 unspecified atom stereocenters. The van der Waals surface area contributed by atoms with Gasteiger partial charge in [0.2, 0.25) is 0 Å². The zero-order valence-corrected chi connectivity index (χ0v) is 10.9. The van der Waals surface area contributed by atoms with Crippen LogP contribution in [0.25, 0.3) is 0 Å². The van der Waals surface area contributed by atoms with Crippen molar-refractivity contribution in [2.75, 3.05) is 0 Å². The highest BCUT2D eigenvalue weighted by Gasteiger charge is 2.24. The molecule has 1 atom stereocenters. The third-order valence-corrected chi connectivity index (χ3v) is 3.63. The Kier molecular flexibility index (Phi) is 4.37. The highest BCUT2D eigenvalue weighted by atomic mass is 16.4. The largest absolute Gasteiger partial charge is 0.480 e. The summed E-state index contributed by atoms with van der Waals surface area (Å²) in [6, 6.07) is 7.52. The van der Waals surface area contributed by atoms with Gasteiger partial charge in [-0.25, -0.2) is 0 Å². The minimum absolute atomic E-state index is 0.348. The lowest BCUT2D eigenvalue weighted by Crippen LogP contribution is -2.38. The van der Waals surface area contributed by atoms with E-state index in [4.69, 9.17) is 0 Å². The Morgan fingerprint density at radius 3 is 2.67 bits per heavy atom. The molecule has 1 fully saturated rings. The first-order chi connectivity index (χ1) is 8.66. The average molecular weight is 247 g/mol. The van der Waals surface area contributed by atoms with Crippen LogP contribution in [-0.4, -0.2) is 17.1 Å². The van der Waals surface area contributed by atoms with Gasteiger partial charge in [-0.2, -0.15) is 0 Å².